The number of carbonyl (C=O) groups is 1. The van der Waals surface area contributed by atoms with E-state index < -0.39 is 0 Å². The molecule has 112 valence electrons. The quantitative estimate of drug-likeness (QED) is 0.926. The Morgan fingerprint density at radius 1 is 1.40 bits per heavy atom. The third-order valence-corrected chi connectivity index (χ3v) is 3.65. The first-order valence-corrected chi connectivity index (χ1v) is 6.82. The summed E-state index contributed by atoms with van der Waals surface area (Å²) < 4.78 is 5.19. The fourth-order valence-electron chi connectivity index (χ4n) is 2.59. The first-order chi connectivity index (χ1) is 9.24. The Morgan fingerprint density at radius 3 is 2.70 bits per heavy atom. The summed E-state index contributed by atoms with van der Waals surface area (Å²) >= 11 is 0. The molecule has 0 aromatic heterocycles. The summed E-state index contributed by atoms with van der Waals surface area (Å²) in [5.41, 5.74) is 7.36. The Labute approximate surface area is 126 Å². The van der Waals surface area contributed by atoms with Crippen LogP contribution in [0.1, 0.15) is 28.8 Å². The Hall–Kier alpha value is -1.10. The molecule has 1 heterocycles. The molecular weight excluding hydrogens is 276 g/mol. The van der Waals surface area contributed by atoms with Crippen molar-refractivity contribution < 1.29 is 9.53 Å². The van der Waals surface area contributed by atoms with Crippen LogP contribution in [-0.2, 0) is 11.3 Å². The van der Waals surface area contributed by atoms with E-state index in [9.17, 15) is 4.79 Å². The average molecular weight is 299 g/mol. The Kier molecular flexibility index (Phi) is 6.99. The number of amides is 1. The van der Waals surface area contributed by atoms with Crippen LogP contribution in [0.3, 0.4) is 0 Å². The molecule has 1 amide bonds. The lowest BCUT2D eigenvalue weighted by Crippen LogP contribution is -2.41. The molecule has 1 fully saturated rings. The van der Waals surface area contributed by atoms with Crippen LogP contribution in [0.15, 0.2) is 24.3 Å². The molecule has 1 aromatic rings. The predicted molar refractivity (Wildman–Crippen MR) is 82.1 cm³/mol. The highest BCUT2D eigenvalue weighted by Gasteiger charge is 2.24. The Morgan fingerprint density at radius 2 is 2.10 bits per heavy atom. The maximum atomic E-state index is 12.4. The van der Waals surface area contributed by atoms with E-state index in [-0.39, 0.29) is 18.3 Å². The van der Waals surface area contributed by atoms with Crippen molar-refractivity contribution in [3.05, 3.63) is 35.4 Å². The number of halogens is 1. The molecule has 1 saturated heterocycles. The molecule has 1 aliphatic heterocycles. The first kappa shape index (κ1) is 17.0. The van der Waals surface area contributed by atoms with Crippen LogP contribution in [0.4, 0.5) is 0 Å². The summed E-state index contributed by atoms with van der Waals surface area (Å²) in [7, 11) is 1.71. The van der Waals surface area contributed by atoms with Crippen LogP contribution in [0.25, 0.3) is 0 Å². The van der Waals surface area contributed by atoms with Gasteiger partial charge in [-0.05, 0) is 36.5 Å². The van der Waals surface area contributed by atoms with Crippen molar-refractivity contribution in [1.29, 1.82) is 0 Å². The van der Waals surface area contributed by atoms with Crippen LogP contribution in [0.2, 0.25) is 0 Å². The molecule has 2 N–H and O–H groups in total. The molecule has 1 atom stereocenters. The summed E-state index contributed by atoms with van der Waals surface area (Å²) in [5, 5.41) is 0. The second-order valence-corrected chi connectivity index (χ2v) is 5.12. The Bertz CT molecular complexity index is 420. The number of benzene rings is 1. The topological polar surface area (TPSA) is 55.6 Å². The van der Waals surface area contributed by atoms with Crippen molar-refractivity contribution in [2.24, 2.45) is 11.7 Å². The number of nitrogens with zero attached hydrogens (tertiary/aromatic N) is 1. The van der Waals surface area contributed by atoms with Gasteiger partial charge in [-0.1, -0.05) is 12.1 Å². The minimum absolute atomic E-state index is 0. The molecule has 4 nitrogen and oxygen atoms in total. The SMILES string of the molecule is COCC1CCCN(C(=O)c2ccc(CN)cc2)C1.Cl. The van der Waals surface area contributed by atoms with Crippen LogP contribution in [0, 0.1) is 5.92 Å². The number of likely N-dealkylation sites (tertiary alicyclic amines) is 1. The fraction of sp³-hybridized carbons (Fsp3) is 0.533. The third kappa shape index (κ3) is 4.20. The van der Waals surface area contributed by atoms with E-state index in [1.165, 1.54) is 0 Å². The van der Waals surface area contributed by atoms with Crippen LogP contribution >= 0.6 is 12.4 Å². The molecule has 1 aromatic carbocycles. The molecule has 5 heteroatoms. The second-order valence-electron chi connectivity index (χ2n) is 5.12. The van der Waals surface area contributed by atoms with E-state index in [0.717, 1.165) is 43.7 Å². The van der Waals surface area contributed by atoms with Gasteiger partial charge in [0.25, 0.3) is 5.91 Å². The van der Waals surface area contributed by atoms with Crippen molar-refractivity contribution in [3.63, 3.8) is 0 Å². The van der Waals surface area contributed by atoms with Gasteiger partial charge in [-0.2, -0.15) is 0 Å². The molecule has 1 aliphatic rings. The molecule has 0 aliphatic carbocycles. The van der Waals surface area contributed by atoms with Crippen LogP contribution in [-0.4, -0.2) is 37.6 Å². The second kappa shape index (κ2) is 8.25. The molecule has 2 rings (SSSR count). The number of hydrogen-bond acceptors (Lipinski definition) is 3. The molecule has 20 heavy (non-hydrogen) atoms. The minimum atomic E-state index is 0. The van der Waals surface area contributed by atoms with Gasteiger partial charge in [-0.15, -0.1) is 12.4 Å². The highest BCUT2D eigenvalue weighted by Crippen LogP contribution is 2.19. The number of carbonyl (C=O) groups excluding carboxylic acids is 1. The average Bonchev–Trinajstić information content (AvgIpc) is 2.47. The van der Waals surface area contributed by atoms with Crippen molar-refractivity contribution in [2.45, 2.75) is 19.4 Å². The minimum Gasteiger partial charge on any atom is -0.384 e. The molecule has 0 spiro atoms. The van der Waals surface area contributed by atoms with E-state index >= 15 is 0 Å². The third-order valence-electron chi connectivity index (χ3n) is 3.65. The summed E-state index contributed by atoms with van der Waals surface area (Å²) in [6.07, 6.45) is 2.20. The van der Waals surface area contributed by atoms with Crippen molar-refractivity contribution in [2.75, 3.05) is 26.8 Å². The number of rotatable bonds is 4. The summed E-state index contributed by atoms with van der Waals surface area (Å²) in [6.45, 7) is 2.88. The van der Waals surface area contributed by atoms with E-state index in [0.29, 0.717) is 12.5 Å². The summed E-state index contributed by atoms with van der Waals surface area (Å²) in [4.78, 5) is 14.3. The lowest BCUT2D eigenvalue weighted by Gasteiger charge is -2.32. The number of methoxy groups -OCH3 is 1. The number of nitrogens with two attached hydrogens (primary N) is 1. The van der Waals surface area contributed by atoms with Gasteiger partial charge in [0, 0.05) is 32.3 Å². The summed E-state index contributed by atoms with van der Waals surface area (Å²) in [5.74, 6) is 0.579. The van der Waals surface area contributed by atoms with E-state index in [4.69, 9.17) is 10.5 Å². The van der Waals surface area contributed by atoms with Crippen molar-refractivity contribution >= 4 is 18.3 Å². The number of piperidine rings is 1. The smallest absolute Gasteiger partial charge is 0.253 e. The maximum Gasteiger partial charge on any atom is 0.253 e. The standard InChI is InChI=1S/C15H22N2O2.ClH/c1-19-11-13-3-2-8-17(10-13)15(18)14-6-4-12(9-16)5-7-14;/h4-7,13H,2-3,8-11,16H2,1H3;1H. The van der Waals surface area contributed by atoms with E-state index in [1.54, 1.807) is 7.11 Å². The molecule has 1 unspecified atom stereocenters. The van der Waals surface area contributed by atoms with Crippen LogP contribution < -0.4 is 5.73 Å². The Balaban J connectivity index is 0.00000200. The van der Waals surface area contributed by atoms with Gasteiger partial charge in [0.15, 0.2) is 0 Å². The van der Waals surface area contributed by atoms with Gasteiger partial charge >= 0.3 is 0 Å². The van der Waals surface area contributed by atoms with E-state index in [2.05, 4.69) is 0 Å². The highest BCUT2D eigenvalue weighted by atomic mass is 35.5. The fourth-order valence-corrected chi connectivity index (χ4v) is 2.59. The summed E-state index contributed by atoms with van der Waals surface area (Å²) in [6, 6.07) is 7.57. The highest BCUT2D eigenvalue weighted by molar-refractivity contribution is 5.94. The number of ether oxygens (including phenoxy) is 1. The van der Waals surface area contributed by atoms with Crippen molar-refractivity contribution in [3.8, 4) is 0 Å². The van der Waals surface area contributed by atoms with Crippen LogP contribution in [0.5, 0.6) is 0 Å². The first-order valence-electron chi connectivity index (χ1n) is 6.82. The molecule has 0 saturated carbocycles. The lowest BCUT2D eigenvalue weighted by atomic mass is 9.98. The zero-order valence-electron chi connectivity index (χ0n) is 11.9. The molecule has 0 bridgehead atoms. The largest absolute Gasteiger partial charge is 0.384 e. The molecular formula is C15H23ClN2O2. The monoisotopic (exact) mass is 298 g/mol. The molecule has 0 radical (unpaired) electrons. The number of hydrogen-bond donors (Lipinski definition) is 1. The zero-order valence-corrected chi connectivity index (χ0v) is 12.7. The van der Waals surface area contributed by atoms with E-state index in [1.807, 2.05) is 29.2 Å². The lowest BCUT2D eigenvalue weighted by molar-refractivity contribution is 0.0571. The van der Waals surface area contributed by atoms with Gasteiger partial charge in [0.1, 0.15) is 0 Å². The zero-order chi connectivity index (χ0) is 13.7. The van der Waals surface area contributed by atoms with Gasteiger partial charge < -0.3 is 15.4 Å². The normalized spacial score (nSPS) is 18.5. The van der Waals surface area contributed by atoms with Gasteiger partial charge in [-0.25, -0.2) is 0 Å². The van der Waals surface area contributed by atoms with Crippen molar-refractivity contribution in [1.82, 2.24) is 4.90 Å². The van der Waals surface area contributed by atoms with Gasteiger partial charge in [-0.3, -0.25) is 4.79 Å². The predicted octanol–water partition coefficient (Wildman–Crippen LogP) is 2.07. The maximum absolute atomic E-state index is 12.4. The van der Waals surface area contributed by atoms with Gasteiger partial charge in [0.05, 0.1) is 6.61 Å². The van der Waals surface area contributed by atoms with Gasteiger partial charge in [0.2, 0.25) is 0 Å².